The standard InChI is InChI=1S/C19H23F3N2O4/c1-27-15-10-13(11-28-14-5-3-2-4-12(14)6-8-25)16(19(20,21)22)17(23)18(15)24-7-9-26/h2-5,10,24-26H,6-9,11,23H2,1H3. The number of ether oxygens (including phenoxy) is 2. The molecular formula is C19H23F3N2O4. The van der Waals surface area contributed by atoms with Crippen LogP contribution >= 0.6 is 0 Å². The molecule has 0 fully saturated rings. The molecule has 0 saturated carbocycles. The Hall–Kier alpha value is -2.65. The van der Waals surface area contributed by atoms with Crippen molar-refractivity contribution in [3.63, 3.8) is 0 Å². The number of aliphatic hydroxyl groups is 2. The number of nitrogen functional groups attached to an aromatic ring is 1. The van der Waals surface area contributed by atoms with Crippen LogP contribution in [-0.4, -0.2) is 37.1 Å². The minimum absolute atomic E-state index is 0.0161. The maximum atomic E-state index is 13.7. The van der Waals surface area contributed by atoms with E-state index >= 15 is 0 Å². The zero-order valence-electron chi connectivity index (χ0n) is 15.3. The van der Waals surface area contributed by atoms with Crippen LogP contribution in [0.15, 0.2) is 30.3 Å². The Morgan fingerprint density at radius 3 is 2.39 bits per heavy atom. The fourth-order valence-electron chi connectivity index (χ4n) is 2.83. The molecule has 0 atom stereocenters. The summed E-state index contributed by atoms with van der Waals surface area (Å²) in [6.07, 6.45) is -4.40. The Morgan fingerprint density at radius 1 is 1.07 bits per heavy atom. The largest absolute Gasteiger partial charge is 0.494 e. The second kappa shape index (κ2) is 9.52. The molecule has 154 valence electrons. The van der Waals surface area contributed by atoms with Crippen LogP contribution in [0.3, 0.4) is 0 Å². The molecule has 2 rings (SSSR count). The van der Waals surface area contributed by atoms with E-state index in [2.05, 4.69) is 5.32 Å². The lowest BCUT2D eigenvalue weighted by atomic mass is 10.0. The van der Waals surface area contributed by atoms with E-state index < -0.39 is 24.0 Å². The number of halogens is 3. The molecular weight excluding hydrogens is 377 g/mol. The average molecular weight is 400 g/mol. The summed E-state index contributed by atoms with van der Waals surface area (Å²) in [7, 11) is 1.31. The van der Waals surface area contributed by atoms with Crippen LogP contribution in [0.5, 0.6) is 11.5 Å². The number of methoxy groups -OCH3 is 1. The van der Waals surface area contributed by atoms with Crippen molar-refractivity contribution in [3.8, 4) is 11.5 Å². The summed E-state index contributed by atoms with van der Waals surface area (Å²) in [6, 6.07) is 8.01. The van der Waals surface area contributed by atoms with Crippen LogP contribution in [0.4, 0.5) is 24.5 Å². The van der Waals surface area contributed by atoms with Gasteiger partial charge in [0.25, 0.3) is 0 Å². The molecule has 0 saturated heterocycles. The number of hydrogen-bond donors (Lipinski definition) is 4. The Balaban J connectivity index is 2.44. The Bertz CT molecular complexity index is 797. The summed E-state index contributed by atoms with van der Waals surface area (Å²) in [5.74, 6) is 0.492. The van der Waals surface area contributed by atoms with Crippen molar-refractivity contribution in [2.75, 3.05) is 37.9 Å². The lowest BCUT2D eigenvalue weighted by molar-refractivity contribution is -0.137. The van der Waals surface area contributed by atoms with Gasteiger partial charge >= 0.3 is 6.18 Å². The third-order valence-electron chi connectivity index (χ3n) is 4.07. The van der Waals surface area contributed by atoms with Crippen LogP contribution in [-0.2, 0) is 19.2 Å². The van der Waals surface area contributed by atoms with Gasteiger partial charge in [-0.2, -0.15) is 13.2 Å². The lowest BCUT2D eigenvalue weighted by Crippen LogP contribution is -2.18. The van der Waals surface area contributed by atoms with Gasteiger partial charge in [-0.1, -0.05) is 18.2 Å². The number of para-hydroxylation sites is 1. The zero-order valence-corrected chi connectivity index (χ0v) is 15.3. The quantitative estimate of drug-likeness (QED) is 0.484. The van der Waals surface area contributed by atoms with Crippen LogP contribution < -0.4 is 20.5 Å². The maximum Gasteiger partial charge on any atom is 0.418 e. The highest BCUT2D eigenvalue weighted by Gasteiger charge is 2.38. The number of rotatable bonds is 9. The summed E-state index contributed by atoms with van der Waals surface area (Å²) in [6.45, 7) is -0.767. The third-order valence-corrected chi connectivity index (χ3v) is 4.07. The van der Waals surface area contributed by atoms with Crippen molar-refractivity contribution in [1.82, 2.24) is 0 Å². The molecule has 0 spiro atoms. The van der Waals surface area contributed by atoms with Crippen molar-refractivity contribution in [3.05, 3.63) is 47.0 Å². The molecule has 0 amide bonds. The Kier molecular flexibility index (Phi) is 7.36. The van der Waals surface area contributed by atoms with Crippen molar-refractivity contribution < 1.29 is 32.9 Å². The fourth-order valence-corrected chi connectivity index (χ4v) is 2.83. The first-order chi connectivity index (χ1) is 13.3. The summed E-state index contributed by atoms with van der Waals surface area (Å²) in [5.41, 5.74) is 4.72. The van der Waals surface area contributed by atoms with Gasteiger partial charge in [-0.3, -0.25) is 0 Å². The number of nitrogens with one attached hydrogen (secondary N) is 1. The van der Waals surface area contributed by atoms with Gasteiger partial charge in [-0.15, -0.1) is 0 Å². The first-order valence-corrected chi connectivity index (χ1v) is 8.56. The molecule has 2 aromatic rings. The molecule has 0 aliphatic rings. The van der Waals surface area contributed by atoms with E-state index in [1.54, 1.807) is 24.3 Å². The molecule has 9 heteroatoms. The monoisotopic (exact) mass is 400 g/mol. The predicted octanol–water partition coefficient (Wildman–Crippen LogP) is 2.81. The van der Waals surface area contributed by atoms with E-state index in [9.17, 15) is 13.2 Å². The summed E-state index contributed by atoms with van der Waals surface area (Å²) in [5, 5.41) is 20.7. The number of hydrogen-bond acceptors (Lipinski definition) is 6. The zero-order chi connectivity index (χ0) is 20.7. The van der Waals surface area contributed by atoms with E-state index in [4.69, 9.17) is 25.4 Å². The molecule has 0 aromatic heterocycles. The minimum atomic E-state index is -4.71. The predicted molar refractivity (Wildman–Crippen MR) is 99.5 cm³/mol. The molecule has 0 heterocycles. The molecule has 0 aliphatic heterocycles. The van der Waals surface area contributed by atoms with Crippen LogP contribution in [0.1, 0.15) is 16.7 Å². The summed E-state index contributed by atoms with van der Waals surface area (Å²) >= 11 is 0. The second-order valence-electron chi connectivity index (χ2n) is 5.92. The highest BCUT2D eigenvalue weighted by atomic mass is 19.4. The van der Waals surface area contributed by atoms with Crippen LogP contribution in [0.2, 0.25) is 0 Å². The van der Waals surface area contributed by atoms with E-state index in [1.165, 1.54) is 13.2 Å². The van der Waals surface area contributed by atoms with Gasteiger partial charge in [0.05, 0.1) is 25.0 Å². The van der Waals surface area contributed by atoms with Crippen molar-refractivity contribution in [2.24, 2.45) is 0 Å². The Morgan fingerprint density at radius 2 is 1.79 bits per heavy atom. The van der Waals surface area contributed by atoms with Gasteiger partial charge in [-0.25, -0.2) is 0 Å². The van der Waals surface area contributed by atoms with Gasteiger partial charge in [0.15, 0.2) is 0 Å². The molecule has 28 heavy (non-hydrogen) atoms. The number of alkyl halides is 3. The normalized spacial score (nSPS) is 11.4. The maximum absolute atomic E-state index is 13.7. The first-order valence-electron chi connectivity index (χ1n) is 8.56. The SMILES string of the molecule is COc1cc(COc2ccccc2CCO)c(C(F)(F)F)c(N)c1NCCO. The minimum Gasteiger partial charge on any atom is -0.494 e. The fraction of sp³-hybridized carbons (Fsp3) is 0.368. The third kappa shape index (κ3) is 4.99. The smallest absolute Gasteiger partial charge is 0.418 e. The number of anilines is 2. The van der Waals surface area contributed by atoms with Gasteiger partial charge in [-0.05, 0) is 24.1 Å². The van der Waals surface area contributed by atoms with Crippen LogP contribution in [0.25, 0.3) is 0 Å². The lowest BCUT2D eigenvalue weighted by Gasteiger charge is -2.22. The average Bonchev–Trinajstić information content (AvgIpc) is 2.65. The molecule has 0 aliphatic carbocycles. The highest BCUT2D eigenvalue weighted by molar-refractivity contribution is 5.79. The molecule has 6 nitrogen and oxygen atoms in total. The topological polar surface area (TPSA) is 97.0 Å². The van der Waals surface area contributed by atoms with Crippen molar-refractivity contribution in [2.45, 2.75) is 19.2 Å². The number of benzene rings is 2. The Labute approximate surface area is 160 Å². The molecule has 0 bridgehead atoms. The second-order valence-corrected chi connectivity index (χ2v) is 5.92. The van der Waals surface area contributed by atoms with Gasteiger partial charge < -0.3 is 30.7 Å². The van der Waals surface area contributed by atoms with Crippen LogP contribution in [0, 0.1) is 0 Å². The molecule has 0 radical (unpaired) electrons. The van der Waals surface area contributed by atoms with E-state index in [-0.39, 0.29) is 36.8 Å². The van der Waals surface area contributed by atoms with Gasteiger partial charge in [0, 0.05) is 18.7 Å². The molecule has 2 aromatic carbocycles. The highest BCUT2D eigenvalue weighted by Crippen LogP contribution is 2.44. The van der Waals surface area contributed by atoms with Gasteiger partial charge in [0.2, 0.25) is 0 Å². The summed E-state index contributed by atoms with van der Waals surface area (Å²) < 4.78 is 51.8. The number of nitrogens with two attached hydrogens (primary N) is 1. The van der Waals surface area contributed by atoms with E-state index in [0.29, 0.717) is 17.7 Å². The van der Waals surface area contributed by atoms with Crippen molar-refractivity contribution >= 4 is 11.4 Å². The number of aliphatic hydroxyl groups excluding tert-OH is 2. The van der Waals surface area contributed by atoms with Crippen molar-refractivity contribution in [1.29, 1.82) is 0 Å². The van der Waals surface area contributed by atoms with E-state index in [0.717, 1.165) is 0 Å². The molecule has 5 N–H and O–H groups in total. The molecule has 0 unspecified atom stereocenters. The summed E-state index contributed by atoms with van der Waals surface area (Å²) in [4.78, 5) is 0. The first kappa shape index (κ1) is 21.6. The van der Waals surface area contributed by atoms with Gasteiger partial charge in [0.1, 0.15) is 23.8 Å². The van der Waals surface area contributed by atoms with E-state index in [1.807, 2.05) is 0 Å².